The molecule has 0 aliphatic heterocycles. The number of ether oxygens (including phenoxy) is 3. The number of hydrogen-bond acceptors (Lipinski definition) is 6. The van der Waals surface area contributed by atoms with Gasteiger partial charge in [-0.25, -0.2) is 0 Å². The minimum atomic E-state index is -0.775. The van der Waals surface area contributed by atoms with E-state index >= 15 is 0 Å². The lowest BCUT2D eigenvalue weighted by Gasteiger charge is -2.18. The Hall–Kier alpha value is -2.37. The fraction of sp³-hybridized carbons (Fsp3) is 0.877. The van der Waals surface area contributed by atoms with Gasteiger partial charge in [0.25, 0.3) is 0 Å². The van der Waals surface area contributed by atoms with E-state index in [1.807, 2.05) is 0 Å². The summed E-state index contributed by atoms with van der Waals surface area (Å²) in [7, 11) is 0. The molecule has 0 aromatic rings. The van der Waals surface area contributed by atoms with Crippen LogP contribution in [-0.4, -0.2) is 37.2 Å². The largest absolute Gasteiger partial charge is 0.462 e. The molecule has 0 amide bonds. The molecular weight excluding hydrogens is 973 g/mol. The van der Waals surface area contributed by atoms with Gasteiger partial charge in [0.05, 0.1) is 0 Å². The van der Waals surface area contributed by atoms with Gasteiger partial charge < -0.3 is 14.2 Å². The van der Waals surface area contributed by atoms with E-state index in [0.717, 1.165) is 70.6 Å². The summed E-state index contributed by atoms with van der Waals surface area (Å²) < 4.78 is 17.0. The van der Waals surface area contributed by atoms with Gasteiger partial charge in [0.2, 0.25) is 0 Å². The zero-order valence-electron chi connectivity index (χ0n) is 53.4. The molecular formula is C73H136O6. The number of esters is 3. The first kappa shape index (κ1) is 76.6. The van der Waals surface area contributed by atoms with Gasteiger partial charge in [-0.15, -0.1) is 0 Å². The van der Waals surface area contributed by atoms with E-state index in [-0.39, 0.29) is 31.1 Å². The van der Waals surface area contributed by atoms with Crippen molar-refractivity contribution in [2.24, 2.45) is 0 Å². The Morgan fingerprint density at radius 1 is 0.253 bits per heavy atom. The van der Waals surface area contributed by atoms with Crippen molar-refractivity contribution in [2.45, 2.75) is 399 Å². The van der Waals surface area contributed by atoms with Crippen molar-refractivity contribution in [1.82, 2.24) is 0 Å². The predicted octanol–water partition coefficient (Wildman–Crippen LogP) is 24.3. The standard InChI is InChI=1S/C73H136O6/c1-4-7-10-13-16-19-22-25-28-31-34-36-37-38-40-42-45-48-51-54-57-60-63-66-72(75)78-69-70(68-77-71(74)65-62-59-56-53-50-47-44-41-33-30-27-24-21-18-15-12-9-6-3)79-73(76)67-64-61-58-55-52-49-46-43-39-35-32-29-26-23-20-17-14-11-8-5-2/h21,24,30-31,33-34,70H,4-20,22-23,25-29,32,35-69H2,1-3H3/b24-21-,33-30-,34-31-. The minimum absolute atomic E-state index is 0.0702. The quantitative estimate of drug-likeness (QED) is 0.0261. The van der Waals surface area contributed by atoms with Gasteiger partial charge in [0, 0.05) is 19.3 Å². The molecule has 0 bridgehead atoms. The molecule has 0 rings (SSSR count). The molecule has 0 aromatic heterocycles. The number of hydrogen-bond donors (Lipinski definition) is 0. The van der Waals surface area contributed by atoms with Gasteiger partial charge in [-0.05, 0) is 77.0 Å². The molecule has 0 N–H and O–H groups in total. The SMILES string of the molecule is CCCCCC/C=C\C/C=C\CCCCCCCCCC(=O)OCC(COC(=O)CCCCCCCCCCCCC/C=C\CCCCCCCCCC)OC(=O)CCCCCCCCCCCCCCCCCCCCCC. The summed E-state index contributed by atoms with van der Waals surface area (Å²) in [4.78, 5) is 38.5. The molecule has 79 heavy (non-hydrogen) atoms. The molecule has 0 heterocycles. The van der Waals surface area contributed by atoms with Crippen LogP contribution in [0.3, 0.4) is 0 Å². The summed E-state index contributed by atoms with van der Waals surface area (Å²) in [6.45, 7) is 6.70. The topological polar surface area (TPSA) is 78.9 Å². The van der Waals surface area contributed by atoms with Crippen LogP contribution >= 0.6 is 0 Å². The predicted molar refractivity (Wildman–Crippen MR) is 344 cm³/mol. The lowest BCUT2D eigenvalue weighted by atomic mass is 10.0. The first-order chi connectivity index (χ1) is 39.0. The molecule has 6 heteroatoms. The Kier molecular flexibility index (Phi) is 66.1. The van der Waals surface area contributed by atoms with Crippen LogP contribution in [0.15, 0.2) is 36.5 Å². The summed E-state index contributed by atoms with van der Waals surface area (Å²) >= 11 is 0. The van der Waals surface area contributed by atoms with Crippen LogP contribution < -0.4 is 0 Å². The molecule has 1 unspecified atom stereocenters. The molecule has 0 aliphatic rings. The van der Waals surface area contributed by atoms with Crippen LogP contribution in [0.1, 0.15) is 393 Å². The maximum absolute atomic E-state index is 13.0. The van der Waals surface area contributed by atoms with Crippen molar-refractivity contribution in [1.29, 1.82) is 0 Å². The average Bonchev–Trinajstić information content (AvgIpc) is 3.45. The Morgan fingerprint density at radius 2 is 0.456 bits per heavy atom. The van der Waals surface area contributed by atoms with Gasteiger partial charge in [0.1, 0.15) is 13.2 Å². The molecule has 0 saturated heterocycles. The maximum Gasteiger partial charge on any atom is 0.306 e. The van der Waals surface area contributed by atoms with E-state index in [4.69, 9.17) is 14.2 Å². The second-order valence-electron chi connectivity index (χ2n) is 24.1. The van der Waals surface area contributed by atoms with Gasteiger partial charge in [0.15, 0.2) is 6.10 Å². The molecule has 0 aliphatic carbocycles. The summed E-state index contributed by atoms with van der Waals surface area (Å²) in [6, 6.07) is 0. The van der Waals surface area contributed by atoms with E-state index in [1.54, 1.807) is 0 Å². The monoisotopic (exact) mass is 1110 g/mol. The van der Waals surface area contributed by atoms with Crippen LogP contribution in [0, 0.1) is 0 Å². The first-order valence-electron chi connectivity index (χ1n) is 35.5. The minimum Gasteiger partial charge on any atom is -0.462 e. The lowest BCUT2D eigenvalue weighted by Crippen LogP contribution is -2.30. The Bertz CT molecular complexity index is 1320. The van der Waals surface area contributed by atoms with E-state index in [0.29, 0.717) is 19.3 Å². The number of rotatable bonds is 66. The normalized spacial score (nSPS) is 12.2. The highest BCUT2D eigenvalue weighted by atomic mass is 16.6. The highest BCUT2D eigenvalue weighted by Gasteiger charge is 2.19. The van der Waals surface area contributed by atoms with Crippen molar-refractivity contribution < 1.29 is 28.6 Å². The Balaban J connectivity index is 4.31. The molecule has 0 aromatic carbocycles. The van der Waals surface area contributed by atoms with Crippen molar-refractivity contribution in [3.05, 3.63) is 36.5 Å². The average molecular weight is 1110 g/mol. The summed E-state index contributed by atoms with van der Waals surface area (Å²) in [5, 5.41) is 0. The summed E-state index contributed by atoms with van der Waals surface area (Å²) in [6.07, 6.45) is 84.5. The van der Waals surface area contributed by atoms with Gasteiger partial charge in [-0.2, -0.15) is 0 Å². The third-order valence-corrected chi connectivity index (χ3v) is 16.1. The fourth-order valence-corrected chi connectivity index (χ4v) is 10.8. The van der Waals surface area contributed by atoms with Gasteiger partial charge >= 0.3 is 17.9 Å². The maximum atomic E-state index is 13.0. The molecule has 464 valence electrons. The molecule has 0 radical (unpaired) electrons. The van der Waals surface area contributed by atoms with Crippen molar-refractivity contribution in [2.75, 3.05) is 13.2 Å². The highest BCUT2D eigenvalue weighted by Crippen LogP contribution is 2.18. The van der Waals surface area contributed by atoms with E-state index in [1.165, 1.54) is 283 Å². The second-order valence-corrected chi connectivity index (χ2v) is 24.1. The van der Waals surface area contributed by atoms with Crippen molar-refractivity contribution in [3.8, 4) is 0 Å². The van der Waals surface area contributed by atoms with Crippen LogP contribution in [-0.2, 0) is 28.6 Å². The Labute approximate surface area is 493 Å². The first-order valence-corrected chi connectivity index (χ1v) is 35.5. The Morgan fingerprint density at radius 3 is 0.722 bits per heavy atom. The molecule has 0 saturated carbocycles. The number of carbonyl (C=O) groups excluding carboxylic acids is 3. The van der Waals surface area contributed by atoms with Crippen LogP contribution in [0.5, 0.6) is 0 Å². The van der Waals surface area contributed by atoms with E-state index in [2.05, 4.69) is 57.2 Å². The number of carbonyl (C=O) groups is 3. The fourth-order valence-electron chi connectivity index (χ4n) is 10.8. The number of unbranched alkanes of at least 4 members (excludes halogenated alkanes) is 49. The third-order valence-electron chi connectivity index (χ3n) is 16.1. The molecule has 6 nitrogen and oxygen atoms in total. The third kappa shape index (κ3) is 66.3. The molecule has 1 atom stereocenters. The van der Waals surface area contributed by atoms with Crippen LogP contribution in [0.2, 0.25) is 0 Å². The highest BCUT2D eigenvalue weighted by molar-refractivity contribution is 5.71. The van der Waals surface area contributed by atoms with Gasteiger partial charge in [-0.3, -0.25) is 14.4 Å². The van der Waals surface area contributed by atoms with Gasteiger partial charge in [-0.1, -0.05) is 333 Å². The number of allylic oxidation sites excluding steroid dienone is 6. The van der Waals surface area contributed by atoms with Crippen LogP contribution in [0.25, 0.3) is 0 Å². The van der Waals surface area contributed by atoms with Crippen molar-refractivity contribution >= 4 is 17.9 Å². The van der Waals surface area contributed by atoms with Crippen LogP contribution in [0.4, 0.5) is 0 Å². The second kappa shape index (κ2) is 68.1. The smallest absolute Gasteiger partial charge is 0.306 e. The zero-order valence-corrected chi connectivity index (χ0v) is 53.4. The molecule has 0 fully saturated rings. The van der Waals surface area contributed by atoms with Crippen molar-refractivity contribution in [3.63, 3.8) is 0 Å². The van der Waals surface area contributed by atoms with E-state index in [9.17, 15) is 14.4 Å². The summed E-state index contributed by atoms with van der Waals surface area (Å²) in [5.41, 5.74) is 0. The molecule has 0 spiro atoms. The zero-order chi connectivity index (χ0) is 57.1. The van der Waals surface area contributed by atoms with E-state index < -0.39 is 6.10 Å². The lowest BCUT2D eigenvalue weighted by molar-refractivity contribution is -0.167. The summed E-state index contributed by atoms with van der Waals surface area (Å²) in [5.74, 6) is -0.848.